The lowest BCUT2D eigenvalue weighted by molar-refractivity contribution is 0.616. The molecule has 20 heavy (non-hydrogen) atoms. The number of nitrogens with one attached hydrogen (secondary N) is 2. The topological polar surface area (TPSA) is 36.4 Å². The second-order valence-corrected chi connectivity index (χ2v) is 6.45. The van der Waals surface area contributed by atoms with Crippen LogP contribution < -0.4 is 10.6 Å². The van der Waals surface area contributed by atoms with Crippen molar-refractivity contribution in [3.8, 4) is 0 Å². The van der Waals surface area contributed by atoms with Crippen LogP contribution in [0, 0.1) is 6.92 Å². The fourth-order valence-electron chi connectivity index (χ4n) is 2.43. The van der Waals surface area contributed by atoms with Crippen LogP contribution in [0.5, 0.6) is 0 Å². The zero-order valence-electron chi connectivity index (χ0n) is 12.5. The molecule has 2 N–H and O–H groups in total. The summed E-state index contributed by atoms with van der Waals surface area (Å²) in [6.07, 6.45) is 5.24. The van der Waals surface area contributed by atoms with E-state index in [-0.39, 0.29) is 0 Å². The Morgan fingerprint density at radius 3 is 2.60 bits per heavy atom. The molecule has 3 nitrogen and oxygen atoms in total. The van der Waals surface area contributed by atoms with Crippen molar-refractivity contribution in [1.29, 1.82) is 0 Å². The number of aryl methyl sites for hydroxylation is 1. The van der Waals surface area contributed by atoms with E-state index in [0.717, 1.165) is 18.3 Å². The summed E-state index contributed by atoms with van der Waals surface area (Å²) in [5.41, 5.74) is 1.31. The minimum atomic E-state index is 0.617. The minimum Gasteiger partial charge on any atom is -0.356 e. The SMILES string of the molecule is CN=C(NCCSc1ccc(C)cc1)NC1CCCC1. The van der Waals surface area contributed by atoms with E-state index < -0.39 is 0 Å². The number of aliphatic imine (C=N–C) groups is 1. The van der Waals surface area contributed by atoms with Gasteiger partial charge in [0.25, 0.3) is 0 Å². The van der Waals surface area contributed by atoms with Crippen LogP contribution in [0.2, 0.25) is 0 Å². The Bertz CT molecular complexity index is 422. The zero-order valence-corrected chi connectivity index (χ0v) is 13.3. The van der Waals surface area contributed by atoms with E-state index in [0.29, 0.717) is 6.04 Å². The van der Waals surface area contributed by atoms with Crippen molar-refractivity contribution in [1.82, 2.24) is 10.6 Å². The van der Waals surface area contributed by atoms with Crippen LogP contribution >= 0.6 is 11.8 Å². The first-order valence-electron chi connectivity index (χ1n) is 7.44. The Hall–Kier alpha value is -1.16. The molecule has 0 aromatic heterocycles. The first-order chi connectivity index (χ1) is 9.78. The van der Waals surface area contributed by atoms with Crippen LogP contribution in [0.25, 0.3) is 0 Å². The second-order valence-electron chi connectivity index (χ2n) is 5.29. The van der Waals surface area contributed by atoms with E-state index in [4.69, 9.17) is 0 Å². The smallest absolute Gasteiger partial charge is 0.191 e. The number of rotatable bonds is 5. The molecule has 0 unspecified atom stereocenters. The molecule has 1 aliphatic carbocycles. The summed E-state index contributed by atoms with van der Waals surface area (Å²) < 4.78 is 0. The van der Waals surface area contributed by atoms with E-state index in [2.05, 4.69) is 46.8 Å². The molecule has 0 spiro atoms. The van der Waals surface area contributed by atoms with Gasteiger partial charge in [0.05, 0.1) is 0 Å². The number of hydrogen-bond acceptors (Lipinski definition) is 2. The number of thioether (sulfide) groups is 1. The molecule has 0 saturated heterocycles. The molecule has 0 bridgehead atoms. The monoisotopic (exact) mass is 291 g/mol. The van der Waals surface area contributed by atoms with Crippen LogP contribution in [0.15, 0.2) is 34.2 Å². The van der Waals surface area contributed by atoms with Gasteiger partial charge < -0.3 is 10.6 Å². The van der Waals surface area contributed by atoms with Crippen LogP contribution in [0.3, 0.4) is 0 Å². The lowest BCUT2D eigenvalue weighted by atomic mass is 10.2. The molecule has 0 heterocycles. The van der Waals surface area contributed by atoms with Gasteiger partial charge in [0.1, 0.15) is 0 Å². The standard InChI is InChI=1S/C16H25N3S/c1-13-7-9-15(10-8-13)20-12-11-18-16(17-2)19-14-5-3-4-6-14/h7-10,14H,3-6,11-12H2,1-2H3,(H2,17,18,19). The lowest BCUT2D eigenvalue weighted by Crippen LogP contribution is -2.43. The first kappa shape index (κ1) is 15.2. The third-order valence-electron chi connectivity index (χ3n) is 3.60. The fraction of sp³-hybridized carbons (Fsp3) is 0.562. The maximum absolute atomic E-state index is 4.29. The van der Waals surface area contributed by atoms with E-state index in [1.807, 2.05) is 18.8 Å². The third-order valence-corrected chi connectivity index (χ3v) is 4.62. The van der Waals surface area contributed by atoms with Crippen LogP contribution in [-0.4, -0.2) is 31.3 Å². The first-order valence-corrected chi connectivity index (χ1v) is 8.43. The molecule has 1 fully saturated rings. The molecule has 1 aliphatic rings. The van der Waals surface area contributed by atoms with Gasteiger partial charge in [-0.3, -0.25) is 4.99 Å². The zero-order chi connectivity index (χ0) is 14.2. The molecule has 2 rings (SSSR count). The summed E-state index contributed by atoms with van der Waals surface area (Å²) in [5, 5.41) is 6.90. The number of benzene rings is 1. The molecule has 110 valence electrons. The number of nitrogens with zero attached hydrogens (tertiary/aromatic N) is 1. The van der Waals surface area contributed by atoms with E-state index in [9.17, 15) is 0 Å². The molecule has 1 aromatic carbocycles. The van der Waals surface area contributed by atoms with Crippen molar-refractivity contribution in [2.24, 2.45) is 4.99 Å². The highest BCUT2D eigenvalue weighted by molar-refractivity contribution is 7.99. The summed E-state index contributed by atoms with van der Waals surface area (Å²) in [6, 6.07) is 9.31. The highest BCUT2D eigenvalue weighted by atomic mass is 32.2. The van der Waals surface area contributed by atoms with Gasteiger partial charge in [-0.2, -0.15) is 0 Å². The van der Waals surface area contributed by atoms with Crippen molar-refractivity contribution in [2.45, 2.75) is 43.5 Å². The maximum Gasteiger partial charge on any atom is 0.191 e. The molecular formula is C16H25N3S. The van der Waals surface area contributed by atoms with Gasteiger partial charge >= 0.3 is 0 Å². The molecule has 1 saturated carbocycles. The Morgan fingerprint density at radius 1 is 1.25 bits per heavy atom. The van der Waals surface area contributed by atoms with Crippen molar-refractivity contribution in [3.63, 3.8) is 0 Å². The van der Waals surface area contributed by atoms with Gasteiger partial charge in [-0.1, -0.05) is 30.5 Å². The highest BCUT2D eigenvalue weighted by Crippen LogP contribution is 2.18. The van der Waals surface area contributed by atoms with Gasteiger partial charge in [-0.15, -0.1) is 11.8 Å². The number of hydrogen-bond donors (Lipinski definition) is 2. The molecule has 4 heteroatoms. The van der Waals surface area contributed by atoms with Gasteiger partial charge in [0, 0.05) is 30.3 Å². The molecule has 0 atom stereocenters. The molecule has 1 aromatic rings. The summed E-state index contributed by atoms with van der Waals surface area (Å²) in [6.45, 7) is 3.06. The van der Waals surface area contributed by atoms with Crippen molar-refractivity contribution >= 4 is 17.7 Å². The molecule has 0 aliphatic heterocycles. The minimum absolute atomic E-state index is 0.617. The third kappa shape index (κ3) is 5.08. The average Bonchev–Trinajstić information content (AvgIpc) is 2.97. The molecule has 0 amide bonds. The molecule has 0 radical (unpaired) electrons. The van der Waals surface area contributed by atoms with Crippen LogP contribution in [0.1, 0.15) is 31.2 Å². The summed E-state index contributed by atoms with van der Waals surface area (Å²) in [4.78, 5) is 5.62. The summed E-state index contributed by atoms with van der Waals surface area (Å²) in [5.74, 6) is 2.00. The van der Waals surface area contributed by atoms with Crippen LogP contribution in [0.4, 0.5) is 0 Å². The quantitative estimate of drug-likeness (QED) is 0.378. The van der Waals surface area contributed by atoms with E-state index in [1.54, 1.807) is 0 Å². The summed E-state index contributed by atoms with van der Waals surface area (Å²) in [7, 11) is 1.84. The van der Waals surface area contributed by atoms with Crippen molar-refractivity contribution in [3.05, 3.63) is 29.8 Å². The van der Waals surface area contributed by atoms with Crippen molar-refractivity contribution < 1.29 is 0 Å². The average molecular weight is 291 g/mol. The lowest BCUT2D eigenvalue weighted by Gasteiger charge is -2.16. The Kier molecular flexibility index (Phi) is 6.25. The summed E-state index contributed by atoms with van der Waals surface area (Å²) >= 11 is 1.88. The second kappa shape index (κ2) is 8.20. The van der Waals surface area contributed by atoms with Gasteiger partial charge in [-0.25, -0.2) is 0 Å². The predicted octanol–water partition coefficient (Wildman–Crippen LogP) is 3.19. The Labute approximate surface area is 126 Å². The number of guanidine groups is 1. The highest BCUT2D eigenvalue weighted by Gasteiger charge is 2.15. The Morgan fingerprint density at radius 2 is 1.95 bits per heavy atom. The van der Waals surface area contributed by atoms with Gasteiger partial charge in [0.2, 0.25) is 0 Å². The largest absolute Gasteiger partial charge is 0.356 e. The fourth-order valence-corrected chi connectivity index (χ4v) is 3.20. The Balaban J connectivity index is 1.64. The van der Waals surface area contributed by atoms with Gasteiger partial charge in [0.15, 0.2) is 5.96 Å². The molecular weight excluding hydrogens is 266 g/mol. The normalized spacial score (nSPS) is 16.4. The van der Waals surface area contributed by atoms with E-state index in [1.165, 1.54) is 36.1 Å². The van der Waals surface area contributed by atoms with Crippen LogP contribution in [-0.2, 0) is 0 Å². The maximum atomic E-state index is 4.29. The predicted molar refractivity (Wildman–Crippen MR) is 88.7 cm³/mol. The van der Waals surface area contributed by atoms with Crippen molar-refractivity contribution in [2.75, 3.05) is 19.3 Å². The van der Waals surface area contributed by atoms with E-state index >= 15 is 0 Å². The van der Waals surface area contributed by atoms with Gasteiger partial charge in [-0.05, 0) is 31.9 Å².